The van der Waals surface area contributed by atoms with E-state index in [4.69, 9.17) is 5.11 Å². The zero-order valence-electron chi connectivity index (χ0n) is 13.2. The van der Waals surface area contributed by atoms with Crippen LogP contribution >= 0.6 is 0 Å². The summed E-state index contributed by atoms with van der Waals surface area (Å²) in [5, 5.41) is 16.0. The molecule has 1 aromatic heterocycles. The average Bonchev–Trinajstić information content (AvgIpc) is 2.75. The van der Waals surface area contributed by atoms with Crippen LogP contribution in [0.15, 0.2) is 6.07 Å². The molecule has 0 aromatic carbocycles. The van der Waals surface area contributed by atoms with Crippen molar-refractivity contribution < 1.29 is 14.7 Å². The summed E-state index contributed by atoms with van der Waals surface area (Å²) >= 11 is 0. The van der Waals surface area contributed by atoms with Crippen LogP contribution in [0.3, 0.4) is 0 Å². The Morgan fingerprint density at radius 2 is 2.10 bits per heavy atom. The first kappa shape index (κ1) is 17.2. The van der Waals surface area contributed by atoms with Crippen LogP contribution in [-0.2, 0) is 11.3 Å². The normalized spacial score (nSPS) is 12.4. The fraction of sp³-hybridized carbons (Fsp3) is 0.667. The van der Waals surface area contributed by atoms with E-state index in [0.29, 0.717) is 24.7 Å². The number of nitrogens with one attached hydrogen (secondary N) is 1. The summed E-state index contributed by atoms with van der Waals surface area (Å²) in [6, 6.07) is 1.74. The van der Waals surface area contributed by atoms with Crippen LogP contribution in [0, 0.1) is 18.8 Å². The fourth-order valence-corrected chi connectivity index (χ4v) is 2.45. The highest BCUT2D eigenvalue weighted by Crippen LogP contribution is 2.15. The smallest absolute Gasteiger partial charge is 0.303 e. The van der Waals surface area contributed by atoms with E-state index in [2.05, 4.69) is 10.4 Å². The van der Waals surface area contributed by atoms with E-state index < -0.39 is 5.97 Å². The number of carboxylic acids is 1. The Hall–Kier alpha value is -1.85. The SMILES string of the molecule is CCn1nc(C)cc1C(=O)NC[C@H](CC(=O)O)CC(C)C. The summed E-state index contributed by atoms with van der Waals surface area (Å²) in [7, 11) is 0. The first-order valence-electron chi connectivity index (χ1n) is 7.37. The largest absolute Gasteiger partial charge is 0.481 e. The van der Waals surface area contributed by atoms with Crippen molar-refractivity contribution in [3.63, 3.8) is 0 Å². The molecule has 6 heteroatoms. The lowest BCUT2D eigenvalue weighted by atomic mass is 9.94. The minimum absolute atomic E-state index is 0.0504. The van der Waals surface area contributed by atoms with Crippen molar-refractivity contribution in [3.8, 4) is 0 Å². The third-order valence-corrected chi connectivity index (χ3v) is 3.25. The quantitative estimate of drug-likeness (QED) is 0.769. The molecule has 0 unspecified atom stereocenters. The molecular weight excluding hydrogens is 270 g/mol. The van der Waals surface area contributed by atoms with Crippen LogP contribution in [0.1, 0.15) is 49.8 Å². The standard InChI is InChI=1S/C15H25N3O3/c1-5-18-13(7-11(4)17-18)15(21)16-9-12(6-10(2)3)8-14(19)20/h7,10,12H,5-6,8-9H2,1-4H3,(H,16,21)(H,19,20)/t12-/m0/s1. The van der Waals surface area contributed by atoms with Gasteiger partial charge in [0.05, 0.1) is 5.69 Å². The lowest BCUT2D eigenvalue weighted by Gasteiger charge is -2.17. The molecule has 0 aliphatic rings. The Kier molecular flexibility index (Phi) is 6.39. The van der Waals surface area contributed by atoms with Crippen LogP contribution in [0.4, 0.5) is 0 Å². The van der Waals surface area contributed by atoms with Gasteiger partial charge in [0.15, 0.2) is 0 Å². The second-order valence-electron chi connectivity index (χ2n) is 5.79. The zero-order chi connectivity index (χ0) is 16.0. The number of carbonyl (C=O) groups excluding carboxylic acids is 1. The number of hydrogen-bond acceptors (Lipinski definition) is 3. The van der Waals surface area contributed by atoms with Crippen molar-refractivity contribution in [2.75, 3.05) is 6.54 Å². The van der Waals surface area contributed by atoms with Gasteiger partial charge in [0.1, 0.15) is 5.69 Å². The minimum atomic E-state index is -0.829. The zero-order valence-corrected chi connectivity index (χ0v) is 13.2. The van der Waals surface area contributed by atoms with Gasteiger partial charge in [0, 0.05) is 19.5 Å². The second-order valence-corrected chi connectivity index (χ2v) is 5.79. The van der Waals surface area contributed by atoms with Gasteiger partial charge in [-0.2, -0.15) is 5.10 Å². The van der Waals surface area contributed by atoms with Gasteiger partial charge in [0.2, 0.25) is 0 Å². The Morgan fingerprint density at radius 3 is 2.62 bits per heavy atom. The Morgan fingerprint density at radius 1 is 1.43 bits per heavy atom. The van der Waals surface area contributed by atoms with E-state index in [-0.39, 0.29) is 18.2 Å². The van der Waals surface area contributed by atoms with Gasteiger partial charge in [-0.3, -0.25) is 14.3 Å². The third-order valence-electron chi connectivity index (χ3n) is 3.25. The molecular formula is C15H25N3O3. The molecule has 0 saturated carbocycles. The van der Waals surface area contributed by atoms with E-state index >= 15 is 0 Å². The highest BCUT2D eigenvalue weighted by atomic mass is 16.4. The van der Waals surface area contributed by atoms with E-state index in [1.54, 1.807) is 10.7 Å². The van der Waals surface area contributed by atoms with Crippen LogP contribution in [0.5, 0.6) is 0 Å². The molecule has 1 heterocycles. The molecule has 118 valence electrons. The molecule has 0 spiro atoms. The number of carboxylic acid groups (broad SMARTS) is 1. The maximum Gasteiger partial charge on any atom is 0.303 e. The number of amides is 1. The average molecular weight is 295 g/mol. The van der Waals surface area contributed by atoms with E-state index in [0.717, 1.165) is 12.1 Å². The monoisotopic (exact) mass is 295 g/mol. The predicted molar refractivity (Wildman–Crippen MR) is 80.2 cm³/mol. The van der Waals surface area contributed by atoms with Crippen molar-refractivity contribution in [3.05, 3.63) is 17.5 Å². The Bertz CT molecular complexity index is 494. The maximum absolute atomic E-state index is 12.2. The van der Waals surface area contributed by atoms with E-state index in [1.807, 2.05) is 27.7 Å². The summed E-state index contributed by atoms with van der Waals surface area (Å²) < 4.78 is 1.65. The summed E-state index contributed by atoms with van der Waals surface area (Å²) in [6.45, 7) is 8.86. The van der Waals surface area contributed by atoms with Gasteiger partial charge < -0.3 is 10.4 Å². The van der Waals surface area contributed by atoms with Crippen LogP contribution in [0.25, 0.3) is 0 Å². The summed E-state index contributed by atoms with van der Waals surface area (Å²) in [6.07, 6.45) is 0.850. The summed E-state index contributed by atoms with van der Waals surface area (Å²) in [4.78, 5) is 23.1. The fourth-order valence-electron chi connectivity index (χ4n) is 2.45. The first-order chi connectivity index (χ1) is 9.83. The minimum Gasteiger partial charge on any atom is -0.481 e. The van der Waals surface area contributed by atoms with Crippen LogP contribution < -0.4 is 5.32 Å². The highest BCUT2D eigenvalue weighted by Gasteiger charge is 2.18. The van der Waals surface area contributed by atoms with Crippen LogP contribution in [-0.4, -0.2) is 33.3 Å². The molecule has 0 aliphatic heterocycles. The number of hydrogen-bond donors (Lipinski definition) is 2. The van der Waals surface area contributed by atoms with Gasteiger partial charge in [-0.15, -0.1) is 0 Å². The molecule has 0 radical (unpaired) electrons. The van der Waals surface area contributed by atoms with Crippen molar-refractivity contribution in [2.24, 2.45) is 11.8 Å². The van der Waals surface area contributed by atoms with Crippen molar-refractivity contribution in [1.82, 2.24) is 15.1 Å². The van der Waals surface area contributed by atoms with Gasteiger partial charge in [-0.05, 0) is 38.2 Å². The lowest BCUT2D eigenvalue weighted by Crippen LogP contribution is -2.32. The topological polar surface area (TPSA) is 84.2 Å². The van der Waals surface area contributed by atoms with Gasteiger partial charge in [-0.25, -0.2) is 0 Å². The molecule has 1 aromatic rings. The van der Waals surface area contributed by atoms with Crippen molar-refractivity contribution >= 4 is 11.9 Å². The maximum atomic E-state index is 12.2. The summed E-state index contributed by atoms with van der Waals surface area (Å²) in [5.74, 6) is -0.679. The second kappa shape index (κ2) is 7.81. The number of aliphatic carboxylic acids is 1. The number of aromatic nitrogens is 2. The molecule has 6 nitrogen and oxygen atoms in total. The Balaban J connectivity index is 2.65. The number of rotatable bonds is 8. The van der Waals surface area contributed by atoms with E-state index in [9.17, 15) is 9.59 Å². The molecule has 21 heavy (non-hydrogen) atoms. The van der Waals surface area contributed by atoms with Gasteiger partial charge in [-0.1, -0.05) is 13.8 Å². The Labute approximate surface area is 125 Å². The summed E-state index contributed by atoms with van der Waals surface area (Å²) in [5.41, 5.74) is 1.32. The van der Waals surface area contributed by atoms with Crippen molar-refractivity contribution in [2.45, 2.75) is 47.1 Å². The number of carbonyl (C=O) groups is 2. The lowest BCUT2D eigenvalue weighted by molar-refractivity contribution is -0.138. The molecule has 0 bridgehead atoms. The third kappa shape index (κ3) is 5.57. The van der Waals surface area contributed by atoms with Crippen molar-refractivity contribution in [1.29, 1.82) is 0 Å². The molecule has 1 amide bonds. The molecule has 1 rings (SSSR count). The molecule has 0 saturated heterocycles. The molecule has 2 N–H and O–H groups in total. The highest BCUT2D eigenvalue weighted by molar-refractivity contribution is 5.92. The van der Waals surface area contributed by atoms with Gasteiger partial charge in [0.25, 0.3) is 5.91 Å². The first-order valence-corrected chi connectivity index (χ1v) is 7.37. The van der Waals surface area contributed by atoms with Gasteiger partial charge >= 0.3 is 5.97 Å². The predicted octanol–water partition coefficient (Wildman–Crippen LogP) is 2.08. The molecule has 0 fully saturated rings. The van der Waals surface area contributed by atoms with Crippen LogP contribution in [0.2, 0.25) is 0 Å². The molecule has 0 aliphatic carbocycles. The number of aryl methyl sites for hydroxylation is 2. The number of nitrogens with zero attached hydrogens (tertiary/aromatic N) is 2. The molecule has 1 atom stereocenters. The van der Waals surface area contributed by atoms with E-state index in [1.165, 1.54) is 0 Å².